The van der Waals surface area contributed by atoms with E-state index < -0.39 is 0 Å². The summed E-state index contributed by atoms with van der Waals surface area (Å²) < 4.78 is 0. The van der Waals surface area contributed by atoms with Gasteiger partial charge in [0.25, 0.3) is 0 Å². The molecule has 4 aromatic carbocycles. The van der Waals surface area contributed by atoms with Crippen LogP contribution in [0.1, 0.15) is 49.5 Å². The Morgan fingerprint density at radius 2 is 1.53 bits per heavy atom. The number of fused-ring (bicyclic) bond motifs is 3. The zero-order valence-electron chi connectivity index (χ0n) is 22.3. The van der Waals surface area contributed by atoms with E-state index in [1.54, 1.807) is 0 Å². The van der Waals surface area contributed by atoms with E-state index in [0.29, 0.717) is 0 Å². The van der Waals surface area contributed by atoms with Crippen LogP contribution in [0.2, 0.25) is 0 Å². The molecule has 0 amide bonds. The maximum atomic E-state index is 3.68. The molecule has 0 radical (unpaired) electrons. The van der Waals surface area contributed by atoms with E-state index in [2.05, 4.69) is 145 Å². The van der Waals surface area contributed by atoms with Gasteiger partial charge in [0.2, 0.25) is 0 Å². The van der Waals surface area contributed by atoms with Crippen LogP contribution in [0, 0.1) is 0 Å². The van der Waals surface area contributed by atoms with Gasteiger partial charge in [-0.3, -0.25) is 0 Å². The molecule has 2 aliphatic carbocycles. The van der Waals surface area contributed by atoms with E-state index in [0.717, 1.165) is 24.2 Å². The zero-order chi connectivity index (χ0) is 25.9. The molecule has 188 valence electrons. The average Bonchev–Trinajstić information content (AvgIpc) is 3.41. The van der Waals surface area contributed by atoms with Crippen LogP contribution < -0.4 is 15.1 Å². The number of rotatable bonds is 4. The number of para-hydroxylation sites is 3. The molecular formula is C35H33N3. The third-order valence-corrected chi connectivity index (χ3v) is 8.55. The van der Waals surface area contributed by atoms with Crippen molar-refractivity contribution in [3.05, 3.63) is 131 Å². The maximum absolute atomic E-state index is 3.68. The van der Waals surface area contributed by atoms with Gasteiger partial charge >= 0.3 is 0 Å². The largest absolute Gasteiger partial charge is 0.360 e. The third-order valence-electron chi connectivity index (χ3n) is 8.55. The van der Waals surface area contributed by atoms with Crippen molar-refractivity contribution in [3.8, 4) is 0 Å². The summed E-state index contributed by atoms with van der Waals surface area (Å²) >= 11 is 0. The fraction of sp³-hybridized carbons (Fsp3) is 0.200. The Labute approximate surface area is 225 Å². The Balaban J connectivity index is 1.27. The highest BCUT2D eigenvalue weighted by molar-refractivity contribution is 5.86. The van der Waals surface area contributed by atoms with Gasteiger partial charge in [0.05, 0.1) is 11.4 Å². The van der Waals surface area contributed by atoms with E-state index >= 15 is 0 Å². The molecule has 1 atom stereocenters. The minimum absolute atomic E-state index is 0.0115. The molecule has 3 heteroatoms. The standard InChI is InChI=1S/C35H33N3/c1-35(2)30-14-8-7-13-28(30)29-22-21-27(23-31(29)35)38(25-11-5-4-6-12-25)26-19-17-24(18-20-26)34-36-32-15-9-10-16-33(32)37(34)3/h4-6,8-12,14-23,34,36H,7,13H2,1-3H3. The molecule has 38 heavy (non-hydrogen) atoms. The van der Waals surface area contributed by atoms with E-state index in [-0.39, 0.29) is 11.6 Å². The van der Waals surface area contributed by atoms with Crippen molar-refractivity contribution in [2.45, 2.75) is 38.3 Å². The van der Waals surface area contributed by atoms with Crippen LogP contribution in [0.25, 0.3) is 5.57 Å². The van der Waals surface area contributed by atoms with Crippen LogP contribution in [0.3, 0.4) is 0 Å². The highest BCUT2D eigenvalue weighted by Crippen LogP contribution is 2.51. The van der Waals surface area contributed by atoms with Gasteiger partial charge in [-0.25, -0.2) is 0 Å². The van der Waals surface area contributed by atoms with Crippen LogP contribution in [-0.2, 0) is 5.41 Å². The number of hydrogen-bond acceptors (Lipinski definition) is 3. The summed E-state index contributed by atoms with van der Waals surface area (Å²) in [6.45, 7) is 4.75. The van der Waals surface area contributed by atoms with Crippen molar-refractivity contribution >= 4 is 34.0 Å². The Morgan fingerprint density at radius 1 is 0.816 bits per heavy atom. The molecule has 0 saturated carbocycles. The fourth-order valence-corrected chi connectivity index (χ4v) is 6.55. The fourth-order valence-electron chi connectivity index (χ4n) is 6.55. The molecular weight excluding hydrogens is 462 g/mol. The Bertz CT molecular complexity index is 1580. The predicted octanol–water partition coefficient (Wildman–Crippen LogP) is 9.11. The number of allylic oxidation sites excluding steroid dienone is 4. The molecule has 0 saturated heterocycles. The number of benzene rings is 4. The summed E-state index contributed by atoms with van der Waals surface area (Å²) in [6.07, 6.45) is 7.09. The maximum Gasteiger partial charge on any atom is 0.125 e. The SMILES string of the molecule is CN1c2ccccc2NC1c1ccc(N(c2ccccc2)c2ccc3c(c2)C(C)(C)C2=C3CCC=C2)cc1. The highest BCUT2D eigenvalue weighted by Gasteiger charge is 2.37. The second-order valence-electron chi connectivity index (χ2n) is 11.1. The van der Waals surface area contributed by atoms with E-state index in [1.807, 2.05) is 0 Å². The van der Waals surface area contributed by atoms with Crippen LogP contribution in [-0.4, -0.2) is 7.05 Å². The number of nitrogens with zero attached hydrogens (tertiary/aromatic N) is 2. The van der Waals surface area contributed by atoms with Crippen LogP contribution >= 0.6 is 0 Å². The molecule has 1 N–H and O–H groups in total. The molecule has 3 aliphatic rings. The molecule has 0 aromatic heterocycles. The van der Waals surface area contributed by atoms with Gasteiger partial charge in [0.1, 0.15) is 6.17 Å². The van der Waals surface area contributed by atoms with Gasteiger partial charge < -0.3 is 15.1 Å². The third kappa shape index (κ3) is 3.49. The predicted molar refractivity (Wildman–Crippen MR) is 161 cm³/mol. The highest BCUT2D eigenvalue weighted by atomic mass is 15.3. The lowest BCUT2D eigenvalue weighted by Crippen LogP contribution is -2.23. The van der Waals surface area contributed by atoms with Crippen LogP contribution in [0.15, 0.2) is 115 Å². The molecule has 0 spiro atoms. The van der Waals surface area contributed by atoms with Gasteiger partial charge in [0, 0.05) is 29.5 Å². The summed E-state index contributed by atoms with van der Waals surface area (Å²) in [7, 11) is 2.16. The monoisotopic (exact) mass is 495 g/mol. The van der Waals surface area contributed by atoms with Crippen molar-refractivity contribution < 1.29 is 0 Å². The molecule has 3 nitrogen and oxygen atoms in total. The van der Waals surface area contributed by atoms with Crippen molar-refractivity contribution in [1.82, 2.24) is 0 Å². The smallest absolute Gasteiger partial charge is 0.125 e. The zero-order valence-corrected chi connectivity index (χ0v) is 22.3. The summed E-state index contributed by atoms with van der Waals surface area (Å²) in [5, 5.41) is 3.68. The molecule has 4 aromatic rings. The Hall–Kier alpha value is -4.24. The van der Waals surface area contributed by atoms with Gasteiger partial charge in [-0.1, -0.05) is 74.5 Å². The van der Waals surface area contributed by atoms with E-state index in [4.69, 9.17) is 0 Å². The number of anilines is 5. The van der Waals surface area contributed by atoms with Crippen molar-refractivity contribution in [2.24, 2.45) is 0 Å². The summed E-state index contributed by atoms with van der Waals surface area (Å²) in [5.41, 5.74) is 13.1. The van der Waals surface area contributed by atoms with Gasteiger partial charge in [-0.05, 0) is 89.2 Å². The molecule has 1 heterocycles. The Kier molecular flexibility index (Phi) is 5.23. The van der Waals surface area contributed by atoms with Crippen molar-refractivity contribution in [2.75, 3.05) is 22.2 Å². The van der Waals surface area contributed by atoms with Crippen molar-refractivity contribution in [3.63, 3.8) is 0 Å². The van der Waals surface area contributed by atoms with E-state index in [9.17, 15) is 0 Å². The lowest BCUT2D eigenvalue weighted by atomic mass is 9.80. The first-order valence-corrected chi connectivity index (χ1v) is 13.6. The number of nitrogens with one attached hydrogen (secondary N) is 1. The van der Waals surface area contributed by atoms with E-state index in [1.165, 1.54) is 44.9 Å². The topological polar surface area (TPSA) is 18.5 Å². The second kappa shape index (κ2) is 8.66. The quantitative estimate of drug-likeness (QED) is 0.304. The minimum Gasteiger partial charge on any atom is -0.360 e. The molecule has 0 fully saturated rings. The minimum atomic E-state index is 0.0115. The van der Waals surface area contributed by atoms with Crippen LogP contribution in [0.5, 0.6) is 0 Å². The summed E-state index contributed by atoms with van der Waals surface area (Å²) in [6, 6.07) is 35.3. The molecule has 0 bridgehead atoms. The summed E-state index contributed by atoms with van der Waals surface area (Å²) in [5.74, 6) is 0. The van der Waals surface area contributed by atoms with Crippen molar-refractivity contribution in [1.29, 1.82) is 0 Å². The first kappa shape index (κ1) is 22.9. The average molecular weight is 496 g/mol. The second-order valence-corrected chi connectivity index (χ2v) is 11.1. The normalized spacial score (nSPS) is 18.6. The molecule has 7 rings (SSSR count). The van der Waals surface area contributed by atoms with Gasteiger partial charge in [0.15, 0.2) is 0 Å². The first-order valence-electron chi connectivity index (χ1n) is 13.6. The van der Waals surface area contributed by atoms with Gasteiger partial charge in [-0.15, -0.1) is 0 Å². The molecule has 1 aliphatic heterocycles. The lowest BCUT2D eigenvalue weighted by Gasteiger charge is -2.29. The Morgan fingerprint density at radius 3 is 2.32 bits per heavy atom. The first-order chi connectivity index (χ1) is 18.5. The summed E-state index contributed by atoms with van der Waals surface area (Å²) in [4.78, 5) is 4.69. The van der Waals surface area contributed by atoms with Crippen LogP contribution in [0.4, 0.5) is 28.4 Å². The molecule has 1 unspecified atom stereocenters. The lowest BCUT2D eigenvalue weighted by molar-refractivity contribution is 0.651. The number of hydrogen-bond donors (Lipinski definition) is 1. The van der Waals surface area contributed by atoms with Gasteiger partial charge in [-0.2, -0.15) is 0 Å².